The lowest BCUT2D eigenvalue weighted by atomic mass is 9.91. The van der Waals surface area contributed by atoms with Gasteiger partial charge in [-0.1, -0.05) is 20.8 Å². The summed E-state index contributed by atoms with van der Waals surface area (Å²) in [5, 5.41) is 6.03. The SMILES string of the molecule is CN(C)CCn1nc([C@@H]2CCN(C(=O)CC(C)(C)C)C2)c2cccnc21. The number of rotatable bonds is 5. The molecule has 0 aromatic carbocycles. The Hall–Kier alpha value is -1.95. The second kappa shape index (κ2) is 7.35. The largest absolute Gasteiger partial charge is 0.342 e. The smallest absolute Gasteiger partial charge is 0.223 e. The fraction of sp³-hybridized carbons (Fsp3) is 0.650. The lowest BCUT2D eigenvalue weighted by Crippen LogP contribution is -2.31. The topological polar surface area (TPSA) is 54.3 Å². The Morgan fingerprint density at radius 2 is 2.12 bits per heavy atom. The molecule has 26 heavy (non-hydrogen) atoms. The molecule has 1 aliphatic heterocycles. The third-order valence-corrected chi connectivity index (χ3v) is 4.90. The van der Waals surface area contributed by atoms with Crippen LogP contribution in [0, 0.1) is 5.41 Å². The minimum Gasteiger partial charge on any atom is -0.342 e. The van der Waals surface area contributed by atoms with Crippen molar-refractivity contribution in [3.8, 4) is 0 Å². The van der Waals surface area contributed by atoms with Gasteiger partial charge in [0.2, 0.25) is 5.91 Å². The number of aromatic nitrogens is 3. The monoisotopic (exact) mass is 357 g/mol. The molecule has 3 rings (SSSR count). The lowest BCUT2D eigenvalue weighted by molar-refractivity contribution is -0.132. The molecule has 0 spiro atoms. The molecule has 2 aromatic heterocycles. The number of nitrogens with zero attached hydrogens (tertiary/aromatic N) is 5. The Balaban J connectivity index is 1.79. The van der Waals surface area contributed by atoms with Gasteiger partial charge in [0.1, 0.15) is 0 Å². The highest BCUT2D eigenvalue weighted by Crippen LogP contribution is 2.32. The van der Waals surface area contributed by atoms with Crippen LogP contribution >= 0.6 is 0 Å². The average Bonchev–Trinajstić information content (AvgIpc) is 3.16. The number of carbonyl (C=O) groups is 1. The quantitative estimate of drug-likeness (QED) is 0.826. The fourth-order valence-electron chi connectivity index (χ4n) is 3.56. The first-order chi connectivity index (χ1) is 12.2. The lowest BCUT2D eigenvalue weighted by Gasteiger charge is -2.22. The Labute approximate surface area is 156 Å². The number of carbonyl (C=O) groups excluding carboxylic acids is 1. The molecule has 0 unspecified atom stereocenters. The van der Waals surface area contributed by atoms with Crippen molar-refractivity contribution in [2.75, 3.05) is 33.7 Å². The first kappa shape index (κ1) is 18.8. The van der Waals surface area contributed by atoms with Gasteiger partial charge in [-0.25, -0.2) is 9.67 Å². The van der Waals surface area contributed by atoms with Gasteiger partial charge in [-0.3, -0.25) is 4.79 Å². The number of pyridine rings is 1. The van der Waals surface area contributed by atoms with Gasteiger partial charge in [0.25, 0.3) is 0 Å². The van der Waals surface area contributed by atoms with Crippen LogP contribution in [0.15, 0.2) is 18.3 Å². The van der Waals surface area contributed by atoms with Crippen molar-refractivity contribution < 1.29 is 4.79 Å². The Morgan fingerprint density at radius 1 is 1.35 bits per heavy atom. The zero-order valence-corrected chi connectivity index (χ0v) is 16.7. The summed E-state index contributed by atoms with van der Waals surface area (Å²) in [7, 11) is 4.13. The zero-order chi connectivity index (χ0) is 18.9. The van der Waals surface area contributed by atoms with Crippen molar-refractivity contribution in [2.45, 2.75) is 46.1 Å². The molecule has 6 nitrogen and oxygen atoms in total. The predicted molar refractivity (Wildman–Crippen MR) is 104 cm³/mol. The van der Waals surface area contributed by atoms with E-state index in [0.29, 0.717) is 12.3 Å². The van der Waals surface area contributed by atoms with E-state index in [0.717, 1.165) is 49.3 Å². The molecule has 1 atom stereocenters. The van der Waals surface area contributed by atoms with E-state index in [9.17, 15) is 4.79 Å². The minimum atomic E-state index is 0.0273. The molecule has 1 fully saturated rings. The summed E-state index contributed by atoms with van der Waals surface area (Å²) in [6, 6.07) is 4.08. The maximum Gasteiger partial charge on any atom is 0.223 e. The summed E-state index contributed by atoms with van der Waals surface area (Å²) in [6.45, 7) is 9.68. The van der Waals surface area contributed by atoms with Crippen LogP contribution in [-0.4, -0.2) is 64.2 Å². The second-order valence-electron chi connectivity index (χ2n) is 8.85. The number of hydrogen-bond acceptors (Lipinski definition) is 4. The van der Waals surface area contributed by atoms with E-state index in [1.54, 1.807) is 0 Å². The maximum absolute atomic E-state index is 12.6. The van der Waals surface area contributed by atoms with E-state index >= 15 is 0 Å². The van der Waals surface area contributed by atoms with E-state index < -0.39 is 0 Å². The van der Waals surface area contributed by atoms with Gasteiger partial charge in [-0.2, -0.15) is 5.10 Å². The number of hydrogen-bond donors (Lipinski definition) is 0. The van der Waals surface area contributed by atoms with Gasteiger partial charge in [0.05, 0.1) is 12.2 Å². The second-order valence-corrected chi connectivity index (χ2v) is 8.85. The molecule has 0 radical (unpaired) electrons. The predicted octanol–water partition coefficient (Wildman–Crippen LogP) is 2.75. The van der Waals surface area contributed by atoms with E-state index in [1.165, 1.54) is 0 Å². The highest BCUT2D eigenvalue weighted by molar-refractivity contribution is 5.80. The summed E-state index contributed by atoms with van der Waals surface area (Å²) >= 11 is 0. The third-order valence-electron chi connectivity index (χ3n) is 4.90. The van der Waals surface area contributed by atoms with Crippen molar-refractivity contribution in [1.82, 2.24) is 24.6 Å². The number of fused-ring (bicyclic) bond motifs is 1. The van der Waals surface area contributed by atoms with Crippen molar-refractivity contribution in [1.29, 1.82) is 0 Å². The van der Waals surface area contributed by atoms with Crippen molar-refractivity contribution in [2.24, 2.45) is 5.41 Å². The Kier molecular flexibility index (Phi) is 5.32. The zero-order valence-electron chi connectivity index (χ0n) is 16.7. The van der Waals surface area contributed by atoms with Crippen LogP contribution in [0.25, 0.3) is 11.0 Å². The van der Waals surface area contributed by atoms with Crippen LogP contribution in [0.3, 0.4) is 0 Å². The van der Waals surface area contributed by atoms with E-state index in [1.807, 2.05) is 21.8 Å². The van der Waals surface area contributed by atoms with Crippen LogP contribution in [0.1, 0.15) is 45.2 Å². The summed E-state index contributed by atoms with van der Waals surface area (Å²) < 4.78 is 2.02. The van der Waals surface area contributed by atoms with Gasteiger partial charge < -0.3 is 9.80 Å². The highest BCUT2D eigenvalue weighted by atomic mass is 16.2. The molecule has 0 N–H and O–H groups in total. The minimum absolute atomic E-state index is 0.0273. The van der Waals surface area contributed by atoms with Crippen molar-refractivity contribution in [3.05, 3.63) is 24.0 Å². The first-order valence-electron chi connectivity index (χ1n) is 9.48. The van der Waals surface area contributed by atoms with Gasteiger partial charge in [0.15, 0.2) is 5.65 Å². The maximum atomic E-state index is 12.6. The van der Waals surface area contributed by atoms with Gasteiger partial charge in [-0.05, 0) is 38.1 Å². The van der Waals surface area contributed by atoms with Crippen LogP contribution in [0.2, 0.25) is 0 Å². The third kappa shape index (κ3) is 4.23. The van der Waals surface area contributed by atoms with Crippen molar-refractivity contribution in [3.63, 3.8) is 0 Å². The summed E-state index contributed by atoms with van der Waals surface area (Å²) in [5.74, 6) is 0.556. The van der Waals surface area contributed by atoms with Gasteiger partial charge in [0, 0.05) is 43.6 Å². The van der Waals surface area contributed by atoms with E-state index in [2.05, 4.69) is 50.8 Å². The highest BCUT2D eigenvalue weighted by Gasteiger charge is 2.32. The fourth-order valence-corrected chi connectivity index (χ4v) is 3.56. The van der Waals surface area contributed by atoms with Crippen molar-refractivity contribution >= 4 is 16.9 Å². The molecule has 1 amide bonds. The molecule has 2 aromatic rings. The average molecular weight is 358 g/mol. The number of likely N-dealkylation sites (N-methyl/N-ethyl adjacent to an activating group) is 1. The molecule has 3 heterocycles. The first-order valence-corrected chi connectivity index (χ1v) is 9.48. The molecule has 0 aliphatic carbocycles. The molecular weight excluding hydrogens is 326 g/mol. The van der Waals surface area contributed by atoms with E-state index in [-0.39, 0.29) is 11.3 Å². The van der Waals surface area contributed by atoms with Crippen LogP contribution < -0.4 is 0 Å². The molecule has 1 aliphatic rings. The molecule has 6 heteroatoms. The number of amides is 1. The van der Waals surface area contributed by atoms with Gasteiger partial charge >= 0.3 is 0 Å². The van der Waals surface area contributed by atoms with Crippen LogP contribution in [0.5, 0.6) is 0 Å². The normalized spacial score (nSPS) is 18.2. The Bertz CT molecular complexity index is 774. The molecule has 1 saturated heterocycles. The standard InChI is InChI=1S/C20H31N5O/c1-20(2,3)13-17(26)24-10-8-15(14-24)18-16-7-6-9-21-19(16)25(22-18)12-11-23(4)5/h6-7,9,15H,8,10-14H2,1-5H3/t15-/m1/s1. The number of likely N-dealkylation sites (tertiary alicyclic amines) is 1. The van der Waals surface area contributed by atoms with Gasteiger partial charge in [-0.15, -0.1) is 0 Å². The summed E-state index contributed by atoms with van der Waals surface area (Å²) in [6.07, 6.45) is 3.40. The van der Waals surface area contributed by atoms with Crippen LogP contribution in [0.4, 0.5) is 0 Å². The van der Waals surface area contributed by atoms with Crippen LogP contribution in [-0.2, 0) is 11.3 Å². The molecule has 0 bridgehead atoms. The summed E-state index contributed by atoms with van der Waals surface area (Å²) in [5.41, 5.74) is 2.07. The molecular formula is C20H31N5O. The molecule has 142 valence electrons. The molecule has 0 saturated carbocycles. The summed E-state index contributed by atoms with van der Waals surface area (Å²) in [4.78, 5) is 21.3. The Morgan fingerprint density at radius 3 is 2.81 bits per heavy atom. The van der Waals surface area contributed by atoms with E-state index in [4.69, 9.17) is 5.10 Å².